The number of amides is 1. The highest BCUT2D eigenvalue weighted by molar-refractivity contribution is 5.76. The smallest absolute Gasteiger partial charge is 0.223 e. The summed E-state index contributed by atoms with van der Waals surface area (Å²) < 4.78 is 5.34. The predicted molar refractivity (Wildman–Crippen MR) is 69.4 cm³/mol. The van der Waals surface area contributed by atoms with Crippen molar-refractivity contribution in [1.82, 2.24) is 15.2 Å². The quantitative estimate of drug-likeness (QED) is 0.796. The summed E-state index contributed by atoms with van der Waals surface area (Å²) in [5.74, 6) is 0.175. The average Bonchev–Trinajstić information content (AvgIpc) is 2.90. The molecule has 1 aliphatic rings. The molecule has 18 heavy (non-hydrogen) atoms. The predicted octanol–water partition coefficient (Wildman–Crippen LogP) is 0.394. The van der Waals surface area contributed by atoms with E-state index in [9.17, 15) is 4.79 Å². The first-order chi connectivity index (χ1) is 8.75. The van der Waals surface area contributed by atoms with Crippen LogP contribution in [-0.4, -0.2) is 55.2 Å². The Hall–Kier alpha value is -1.33. The summed E-state index contributed by atoms with van der Waals surface area (Å²) in [6.07, 6.45) is 5.28. The molecule has 0 spiro atoms. The van der Waals surface area contributed by atoms with Crippen LogP contribution in [0.25, 0.3) is 0 Å². The van der Waals surface area contributed by atoms with E-state index in [1.165, 1.54) is 5.56 Å². The standard InChI is InChI=1S/C13H21N3O2/c1-16(6-3-11-2-4-14-9-11)13(17)8-12-10-18-7-5-15-12/h2,4,9,12,14-15H,3,5-8,10H2,1H3. The van der Waals surface area contributed by atoms with Crippen LogP contribution in [0, 0.1) is 0 Å². The number of ether oxygens (including phenoxy) is 1. The summed E-state index contributed by atoms with van der Waals surface area (Å²) >= 11 is 0. The minimum absolute atomic E-state index is 0.168. The van der Waals surface area contributed by atoms with Gasteiger partial charge in [-0.2, -0.15) is 0 Å². The van der Waals surface area contributed by atoms with Gasteiger partial charge in [0, 0.05) is 45.0 Å². The number of hydrogen-bond donors (Lipinski definition) is 2. The second kappa shape index (κ2) is 6.56. The molecule has 1 aromatic rings. The van der Waals surface area contributed by atoms with Gasteiger partial charge in [0.15, 0.2) is 0 Å². The SMILES string of the molecule is CN(CCc1cc[nH]c1)C(=O)CC1COCCN1. The molecule has 0 radical (unpaired) electrons. The summed E-state index contributed by atoms with van der Waals surface area (Å²) in [7, 11) is 1.86. The number of nitrogens with one attached hydrogen (secondary N) is 2. The monoisotopic (exact) mass is 251 g/mol. The van der Waals surface area contributed by atoms with Crippen LogP contribution in [0.5, 0.6) is 0 Å². The maximum Gasteiger partial charge on any atom is 0.223 e. The molecular weight excluding hydrogens is 230 g/mol. The van der Waals surface area contributed by atoms with Crippen molar-refractivity contribution in [3.8, 4) is 0 Å². The van der Waals surface area contributed by atoms with Crippen LogP contribution in [0.2, 0.25) is 0 Å². The zero-order valence-corrected chi connectivity index (χ0v) is 10.8. The number of rotatable bonds is 5. The molecule has 1 atom stereocenters. The number of nitrogens with zero attached hydrogens (tertiary/aromatic N) is 1. The largest absolute Gasteiger partial charge is 0.378 e. The van der Waals surface area contributed by atoms with E-state index in [1.807, 2.05) is 25.5 Å². The van der Waals surface area contributed by atoms with Crippen LogP contribution in [0.15, 0.2) is 18.5 Å². The third-order valence-corrected chi connectivity index (χ3v) is 3.24. The number of hydrogen-bond acceptors (Lipinski definition) is 3. The lowest BCUT2D eigenvalue weighted by atomic mass is 10.1. The van der Waals surface area contributed by atoms with Gasteiger partial charge < -0.3 is 19.9 Å². The first kappa shape index (κ1) is 13.1. The number of likely N-dealkylation sites (N-methyl/N-ethyl adjacent to an activating group) is 1. The van der Waals surface area contributed by atoms with Crippen molar-refractivity contribution in [2.45, 2.75) is 18.9 Å². The third-order valence-electron chi connectivity index (χ3n) is 3.24. The number of carbonyl (C=O) groups excluding carboxylic acids is 1. The molecule has 0 aliphatic carbocycles. The van der Waals surface area contributed by atoms with Crippen LogP contribution in [0.3, 0.4) is 0 Å². The van der Waals surface area contributed by atoms with Gasteiger partial charge in [0.2, 0.25) is 5.91 Å². The Balaban J connectivity index is 1.70. The number of H-pyrrole nitrogens is 1. The lowest BCUT2D eigenvalue weighted by Gasteiger charge is -2.25. The maximum absolute atomic E-state index is 12.0. The average molecular weight is 251 g/mol. The van der Waals surface area contributed by atoms with E-state index in [-0.39, 0.29) is 11.9 Å². The highest BCUT2D eigenvalue weighted by Crippen LogP contribution is 2.04. The van der Waals surface area contributed by atoms with Crippen molar-refractivity contribution < 1.29 is 9.53 Å². The number of carbonyl (C=O) groups is 1. The van der Waals surface area contributed by atoms with Gasteiger partial charge in [0.25, 0.3) is 0 Å². The second-order valence-electron chi connectivity index (χ2n) is 4.71. The van der Waals surface area contributed by atoms with Crippen LogP contribution in [-0.2, 0) is 16.0 Å². The minimum atomic E-state index is 0.168. The van der Waals surface area contributed by atoms with Crippen molar-refractivity contribution in [3.63, 3.8) is 0 Å². The molecule has 2 rings (SSSR count). The van der Waals surface area contributed by atoms with E-state index in [0.29, 0.717) is 13.0 Å². The molecular formula is C13H21N3O2. The minimum Gasteiger partial charge on any atom is -0.378 e. The molecule has 0 aromatic carbocycles. The molecule has 0 bridgehead atoms. The Morgan fingerprint density at radius 3 is 3.17 bits per heavy atom. The molecule has 100 valence electrons. The van der Waals surface area contributed by atoms with Crippen LogP contribution in [0.4, 0.5) is 0 Å². The van der Waals surface area contributed by atoms with Gasteiger partial charge in [-0.1, -0.05) is 0 Å². The zero-order valence-electron chi connectivity index (χ0n) is 10.8. The lowest BCUT2D eigenvalue weighted by Crippen LogP contribution is -2.44. The van der Waals surface area contributed by atoms with E-state index in [0.717, 1.165) is 26.1 Å². The molecule has 5 heteroatoms. The molecule has 1 saturated heterocycles. The van der Waals surface area contributed by atoms with E-state index in [1.54, 1.807) is 4.90 Å². The molecule has 0 saturated carbocycles. The maximum atomic E-state index is 12.0. The molecule has 1 unspecified atom stereocenters. The molecule has 2 N–H and O–H groups in total. The van der Waals surface area contributed by atoms with Crippen LogP contribution < -0.4 is 5.32 Å². The number of aromatic nitrogens is 1. The summed E-state index contributed by atoms with van der Waals surface area (Å²) in [4.78, 5) is 16.8. The molecule has 1 fully saturated rings. The summed E-state index contributed by atoms with van der Waals surface area (Å²) in [6.45, 7) is 2.97. The van der Waals surface area contributed by atoms with Crippen LogP contribution >= 0.6 is 0 Å². The van der Waals surface area contributed by atoms with Crippen molar-refractivity contribution in [1.29, 1.82) is 0 Å². The van der Waals surface area contributed by atoms with E-state index in [2.05, 4.69) is 10.3 Å². The normalized spacial score (nSPS) is 19.7. The van der Waals surface area contributed by atoms with Gasteiger partial charge in [-0.15, -0.1) is 0 Å². The van der Waals surface area contributed by atoms with E-state index >= 15 is 0 Å². The number of morpholine rings is 1. The third kappa shape index (κ3) is 3.85. The van der Waals surface area contributed by atoms with Crippen molar-refractivity contribution in [2.75, 3.05) is 33.4 Å². The molecule has 1 amide bonds. The van der Waals surface area contributed by atoms with Gasteiger partial charge >= 0.3 is 0 Å². The highest BCUT2D eigenvalue weighted by Gasteiger charge is 2.18. The molecule has 5 nitrogen and oxygen atoms in total. The van der Waals surface area contributed by atoms with E-state index in [4.69, 9.17) is 4.74 Å². The lowest BCUT2D eigenvalue weighted by molar-refractivity contribution is -0.131. The van der Waals surface area contributed by atoms with Crippen molar-refractivity contribution in [3.05, 3.63) is 24.0 Å². The fourth-order valence-electron chi connectivity index (χ4n) is 2.05. The summed E-state index contributed by atoms with van der Waals surface area (Å²) in [6, 6.07) is 2.20. The van der Waals surface area contributed by atoms with Crippen LogP contribution in [0.1, 0.15) is 12.0 Å². The Bertz CT molecular complexity index is 358. The second-order valence-corrected chi connectivity index (χ2v) is 4.71. The molecule has 1 aliphatic heterocycles. The number of aromatic amines is 1. The van der Waals surface area contributed by atoms with Crippen molar-refractivity contribution in [2.24, 2.45) is 0 Å². The van der Waals surface area contributed by atoms with Gasteiger partial charge in [-0.25, -0.2) is 0 Å². The first-order valence-corrected chi connectivity index (χ1v) is 6.42. The Morgan fingerprint density at radius 2 is 2.50 bits per heavy atom. The Kier molecular flexibility index (Phi) is 4.78. The van der Waals surface area contributed by atoms with Gasteiger partial charge in [0.1, 0.15) is 0 Å². The highest BCUT2D eigenvalue weighted by atomic mass is 16.5. The fraction of sp³-hybridized carbons (Fsp3) is 0.615. The van der Waals surface area contributed by atoms with Gasteiger partial charge in [-0.3, -0.25) is 4.79 Å². The van der Waals surface area contributed by atoms with Gasteiger partial charge in [0.05, 0.1) is 13.2 Å². The Morgan fingerprint density at radius 1 is 1.61 bits per heavy atom. The molecule has 1 aromatic heterocycles. The fourth-order valence-corrected chi connectivity index (χ4v) is 2.05. The topological polar surface area (TPSA) is 57.4 Å². The molecule has 2 heterocycles. The van der Waals surface area contributed by atoms with E-state index < -0.39 is 0 Å². The summed E-state index contributed by atoms with van der Waals surface area (Å²) in [5, 5.41) is 3.30. The van der Waals surface area contributed by atoms with Gasteiger partial charge in [-0.05, 0) is 18.1 Å². The summed E-state index contributed by atoms with van der Waals surface area (Å²) in [5.41, 5.74) is 1.23. The Labute approximate surface area is 108 Å². The first-order valence-electron chi connectivity index (χ1n) is 6.42. The van der Waals surface area contributed by atoms with Crippen molar-refractivity contribution >= 4 is 5.91 Å². The zero-order chi connectivity index (χ0) is 12.8.